The molecule has 3 rings (SSSR count). The number of benzene rings is 2. The van der Waals surface area contributed by atoms with Crippen molar-refractivity contribution in [2.45, 2.75) is 6.18 Å². The Balaban J connectivity index is 1.88. The zero-order valence-electron chi connectivity index (χ0n) is 14.8. The molecule has 3 aromatic rings. The first-order chi connectivity index (χ1) is 14.2. The number of nitrogens with zero attached hydrogens (tertiary/aromatic N) is 3. The molecule has 1 aromatic heterocycles. The molecule has 0 fully saturated rings. The Morgan fingerprint density at radius 3 is 2.73 bits per heavy atom. The third kappa shape index (κ3) is 4.76. The minimum absolute atomic E-state index is 0.0188. The molecule has 6 nitrogen and oxygen atoms in total. The van der Waals surface area contributed by atoms with Gasteiger partial charge in [-0.05, 0) is 18.2 Å². The second kappa shape index (κ2) is 8.52. The highest BCUT2D eigenvalue weighted by molar-refractivity contribution is 7.11. The Morgan fingerprint density at radius 2 is 2.07 bits per heavy atom. The van der Waals surface area contributed by atoms with Crippen molar-refractivity contribution in [3.05, 3.63) is 79.8 Å². The number of nitrogens with one attached hydrogen (secondary N) is 1. The molecule has 0 saturated carbocycles. The molecule has 152 valence electrons. The smallest absolute Gasteiger partial charge is 0.359 e. The van der Waals surface area contributed by atoms with E-state index in [1.807, 2.05) is 6.07 Å². The summed E-state index contributed by atoms with van der Waals surface area (Å²) in [6.07, 6.45) is -3.33. The number of hydrogen-bond acceptors (Lipinski definition) is 6. The summed E-state index contributed by atoms with van der Waals surface area (Å²) in [5, 5.41) is 24.9. The molecular weight excluding hydrogens is 441 g/mol. The molecule has 1 heterocycles. The second-order valence-electron chi connectivity index (χ2n) is 5.85. The fourth-order valence-corrected chi connectivity index (χ4v) is 3.38. The van der Waals surface area contributed by atoms with Crippen molar-refractivity contribution in [1.29, 1.82) is 5.26 Å². The van der Waals surface area contributed by atoms with Gasteiger partial charge in [-0.25, -0.2) is 4.98 Å². The van der Waals surface area contributed by atoms with E-state index in [0.29, 0.717) is 11.3 Å². The number of allylic oxidation sites excluding steroid dienone is 1. The second-order valence-corrected chi connectivity index (χ2v) is 7.12. The van der Waals surface area contributed by atoms with Gasteiger partial charge in [0.1, 0.15) is 16.6 Å². The van der Waals surface area contributed by atoms with E-state index in [1.165, 1.54) is 24.4 Å². The van der Waals surface area contributed by atoms with Crippen LogP contribution >= 0.6 is 22.9 Å². The Hall–Kier alpha value is -3.42. The third-order valence-electron chi connectivity index (χ3n) is 3.87. The van der Waals surface area contributed by atoms with Gasteiger partial charge in [0.25, 0.3) is 5.69 Å². The van der Waals surface area contributed by atoms with Gasteiger partial charge in [-0.2, -0.15) is 18.4 Å². The van der Waals surface area contributed by atoms with Gasteiger partial charge in [-0.3, -0.25) is 10.1 Å². The quantitative estimate of drug-likeness (QED) is 0.277. The molecule has 0 aliphatic carbocycles. The van der Waals surface area contributed by atoms with Gasteiger partial charge in [-0.1, -0.05) is 23.7 Å². The van der Waals surface area contributed by atoms with Crippen LogP contribution in [0.25, 0.3) is 16.8 Å². The van der Waals surface area contributed by atoms with Crippen LogP contribution in [-0.4, -0.2) is 9.91 Å². The van der Waals surface area contributed by atoms with Gasteiger partial charge >= 0.3 is 6.18 Å². The lowest BCUT2D eigenvalue weighted by Gasteiger charge is -2.10. The Labute approximate surface area is 177 Å². The van der Waals surface area contributed by atoms with Gasteiger partial charge < -0.3 is 5.32 Å². The molecule has 0 aliphatic rings. The lowest BCUT2D eigenvalue weighted by molar-refractivity contribution is -0.384. The number of thiazole rings is 1. The maximum absolute atomic E-state index is 12.9. The van der Waals surface area contributed by atoms with E-state index < -0.39 is 16.7 Å². The fourth-order valence-electron chi connectivity index (χ4n) is 2.41. The van der Waals surface area contributed by atoms with Crippen LogP contribution in [0.15, 0.2) is 54.0 Å². The van der Waals surface area contributed by atoms with Crippen molar-refractivity contribution in [2.24, 2.45) is 0 Å². The van der Waals surface area contributed by atoms with Crippen molar-refractivity contribution in [3.63, 3.8) is 0 Å². The molecule has 0 amide bonds. The number of rotatable bonds is 5. The number of anilines is 1. The summed E-state index contributed by atoms with van der Waals surface area (Å²) < 4.78 is 38.6. The van der Waals surface area contributed by atoms with E-state index in [2.05, 4.69) is 10.3 Å². The highest BCUT2D eigenvalue weighted by Gasteiger charge is 2.30. The van der Waals surface area contributed by atoms with Crippen molar-refractivity contribution >= 4 is 39.9 Å². The highest BCUT2D eigenvalue weighted by atomic mass is 35.5. The fraction of sp³-hybridized carbons (Fsp3) is 0.0526. The predicted octanol–water partition coefficient (Wildman–Crippen LogP) is 6.37. The van der Waals surface area contributed by atoms with Crippen molar-refractivity contribution in [1.82, 2.24) is 4.98 Å². The third-order valence-corrected chi connectivity index (χ3v) is 5.08. The summed E-state index contributed by atoms with van der Waals surface area (Å²) >= 11 is 7.05. The van der Waals surface area contributed by atoms with E-state index in [9.17, 15) is 28.5 Å². The summed E-state index contributed by atoms with van der Waals surface area (Å²) in [6.45, 7) is 0. The van der Waals surface area contributed by atoms with Crippen LogP contribution in [0.2, 0.25) is 5.02 Å². The number of nitro groups is 1. The molecule has 0 unspecified atom stereocenters. The monoisotopic (exact) mass is 450 g/mol. The Morgan fingerprint density at radius 1 is 1.30 bits per heavy atom. The van der Waals surface area contributed by atoms with Crippen LogP contribution in [-0.2, 0) is 6.18 Å². The predicted molar refractivity (Wildman–Crippen MR) is 108 cm³/mol. The number of halogens is 4. The van der Waals surface area contributed by atoms with Crippen LogP contribution in [0.5, 0.6) is 0 Å². The van der Waals surface area contributed by atoms with Crippen LogP contribution in [0.1, 0.15) is 10.6 Å². The van der Waals surface area contributed by atoms with Gasteiger partial charge in [0.15, 0.2) is 0 Å². The molecule has 0 saturated heterocycles. The molecule has 0 spiro atoms. The number of hydrogen-bond donors (Lipinski definition) is 1. The molecule has 0 bridgehead atoms. The number of alkyl halides is 3. The maximum Gasteiger partial charge on any atom is 0.416 e. The number of aromatic nitrogens is 1. The highest BCUT2D eigenvalue weighted by Crippen LogP contribution is 2.34. The van der Waals surface area contributed by atoms with E-state index in [-0.39, 0.29) is 27.0 Å². The zero-order chi connectivity index (χ0) is 21.9. The first kappa shape index (κ1) is 21.3. The first-order valence-electron chi connectivity index (χ1n) is 8.13. The molecule has 1 N–H and O–H groups in total. The summed E-state index contributed by atoms with van der Waals surface area (Å²) in [6, 6.07) is 10.6. The molecule has 2 aromatic carbocycles. The topological polar surface area (TPSA) is 91.8 Å². The maximum atomic E-state index is 12.9. The van der Waals surface area contributed by atoms with E-state index in [0.717, 1.165) is 29.5 Å². The van der Waals surface area contributed by atoms with Gasteiger partial charge in [0, 0.05) is 29.3 Å². The van der Waals surface area contributed by atoms with E-state index in [4.69, 9.17) is 11.6 Å². The normalized spacial score (nSPS) is 11.8. The van der Waals surface area contributed by atoms with Crippen LogP contribution in [0.3, 0.4) is 0 Å². The van der Waals surface area contributed by atoms with Crippen molar-refractivity contribution in [2.75, 3.05) is 5.32 Å². The summed E-state index contributed by atoms with van der Waals surface area (Å²) in [4.78, 5) is 14.7. The minimum Gasteiger partial charge on any atom is -0.359 e. The minimum atomic E-state index is -4.54. The Kier molecular flexibility index (Phi) is 6.05. The SMILES string of the molecule is N#C/C(=C\Nc1cc(C(F)(F)F)ccc1Cl)c1nc(-c2cccc([N+](=O)[O-])c2)cs1. The largest absolute Gasteiger partial charge is 0.416 e. The average molecular weight is 451 g/mol. The molecule has 0 radical (unpaired) electrons. The number of nitro benzene ring substituents is 1. The first-order valence-corrected chi connectivity index (χ1v) is 9.39. The number of nitriles is 1. The molecular formula is C19H10ClF3N4O2S. The average Bonchev–Trinajstić information content (AvgIpc) is 3.19. The molecule has 0 aliphatic heterocycles. The lowest BCUT2D eigenvalue weighted by Crippen LogP contribution is -2.05. The Bertz CT molecular complexity index is 1190. The van der Waals surface area contributed by atoms with Crippen LogP contribution < -0.4 is 5.32 Å². The zero-order valence-corrected chi connectivity index (χ0v) is 16.3. The molecule has 0 atom stereocenters. The van der Waals surface area contributed by atoms with E-state index in [1.54, 1.807) is 11.4 Å². The van der Waals surface area contributed by atoms with E-state index >= 15 is 0 Å². The van der Waals surface area contributed by atoms with Crippen molar-refractivity contribution < 1.29 is 18.1 Å². The number of non-ortho nitro benzene ring substituents is 1. The molecule has 11 heteroatoms. The summed E-state index contributed by atoms with van der Waals surface area (Å²) in [7, 11) is 0. The van der Waals surface area contributed by atoms with Gasteiger partial charge in [-0.15, -0.1) is 11.3 Å². The molecule has 30 heavy (non-hydrogen) atoms. The summed E-state index contributed by atoms with van der Waals surface area (Å²) in [5.74, 6) is 0. The van der Waals surface area contributed by atoms with Crippen LogP contribution in [0, 0.1) is 21.4 Å². The van der Waals surface area contributed by atoms with Crippen molar-refractivity contribution in [3.8, 4) is 17.3 Å². The standard InChI is InChI=1S/C19H10ClF3N4O2S/c20-15-5-4-13(19(21,22)23)7-16(15)25-9-12(8-24)18-26-17(10-30-18)11-2-1-3-14(6-11)27(28)29/h1-7,9-10,25H/b12-9+. The lowest BCUT2D eigenvalue weighted by atomic mass is 10.1. The van der Waals surface area contributed by atoms with Crippen LogP contribution in [0.4, 0.5) is 24.5 Å². The van der Waals surface area contributed by atoms with Gasteiger partial charge in [0.05, 0.1) is 26.9 Å². The van der Waals surface area contributed by atoms with Gasteiger partial charge in [0.2, 0.25) is 0 Å². The summed E-state index contributed by atoms with van der Waals surface area (Å²) in [5.41, 5.74) is -0.0165.